The zero-order valence-electron chi connectivity index (χ0n) is 17.2. The number of nitrogens with zero attached hydrogens (tertiary/aromatic N) is 5. The summed E-state index contributed by atoms with van der Waals surface area (Å²) >= 11 is 0. The maximum absolute atomic E-state index is 9.44. The van der Waals surface area contributed by atoms with Gasteiger partial charge in [0.2, 0.25) is 0 Å². The molecule has 0 saturated heterocycles. The molecule has 150 valence electrons. The highest BCUT2D eigenvalue weighted by atomic mass is 15.0. The Bertz CT molecular complexity index is 1700. The van der Waals surface area contributed by atoms with Crippen LogP contribution in [0, 0.1) is 45.3 Å². The molecule has 0 aliphatic rings. The van der Waals surface area contributed by atoms with E-state index in [4.69, 9.17) is 0 Å². The van der Waals surface area contributed by atoms with Gasteiger partial charge >= 0.3 is 0 Å². The SMILES string of the molecule is N#Cc1cc(C#N)cc(-c2ccc3c(c2)c2ccccc2n3-c2cc(C#N)cc(C#N)c2)c1. The van der Waals surface area contributed by atoms with Crippen molar-refractivity contribution in [2.24, 2.45) is 0 Å². The summed E-state index contributed by atoms with van der Waals surface area (Å²) in [6, 6.07) is 32.7. The molecule has 33 heavy (non-hydrogen) atoms. The largest absolute Gasteiger partial charge is 0.309 e. The molecule has 1 aromatic heterocycles. The standard InChI is InChI=1S/C28H13N5/c29-14-18-7-19(15-30)10-23(9-18)22-5-6-28-26(13-22)25-3-1-2-4-27(25)33(28)24-11-20(16-31)8-21(12-24)17-32/h1-13H. The Kier molecular flexibility index (Phi) is 4.58. The Hall–Kier alpha value is -5.36. The Balaban J connectivity index is 1.82. The topological polar surface area (TPSA) is 100 Å². The number of para-hydroxylation sites is 1. The van der Waals surface area contributed by atoms with Gasteiger partial charge in [0.25, 0.3) is 0 Å². The molecule has 5 heteroatoms. The van der Waals surface area contributed by atoms with E-state index in [1.54, 1.807) is 36.4 Å². The first-order valence-electron chi connectivity index (χ1n) is 10.1. The van der Waals surface area contributed by atoms with Crippen molar-refractivity contribution < 1.29 is 0 Å². The highest BCUT2D eigenvalue weighted by Crippen LogP contribution is 2.35. The third-order valence-corrected chi connectivity index (χ3v) is 5.63. The molecule has 0 aliphatic heterocycles. The van der Waals surface area contributed by atoms with Crippen molar-refractivity contribution in [3.05, 3.63) is 101 Å². The summed E-state index contributed by atoms with van der Waals surface area (Å²) in [5, 5.41) is 39.6. The summed E-state index contributed by atoms with van der Waals surface area (Å²) in [7, 11) is 0. The van der Waals surface area contributed by atoms with Crippen LogP contribution >= 0.6 is 0 Å². The van der Waals surface area contributed by atoms with Gasteiger partial charge < -0.3 is 4.57 Å². The second-order valence-corrected chi connectivity index (χ2v) is 7.60. The van der Waals surface area contributed by atoms with E-state index in [1.807, 2.05) is 47.0 Å². The van der Waals surface area contributed by atoms with Crippen LogP contribution in [-0.2, 0) is 0 Å². The van der Waals surface area contributed by atoms with E-state index < -0.39 is 0 Å². The third kappa shape index (κ3) is 3.24. The normalized spacial score (nSPS) is 10.3. The number of aromatic nitrogens is 1. The molecule has 1 heterocycles. The molecule has 0 aliphatic carbocycles. The van der Waals surface area contributed by atoms with Crippen LogP contribution < -0.4 is 0 Å². The second kappa shape index (κ2) is 7.72. The lowest BCUT2D eigenvalue weighted by molar-refractivity contribution is 1.17. The smallest absolute Gasteiger partial charge is 0.0992 e. The molecular weight excluding hydrogens is 406 g/mol. The van der Waals surface area contributed by atoms with Gasteiger partial charge in [-0.3, -0.25) is 0 Å². The molecule has 0 bridgehead atoms. The molecule has 5 nitrogen and oxygen atoms in total. The fourth-order valence-corrected chi connectivity index (χ4v) is 4.22. The molecule has 0 fully saturated rings. The zero-order valence-corrected chi connectivity index (χ0v) is 17.2. The van der Waals surface area contributed by atoms with Crippen molar-refractivity contribution in [1.29, 1.82) is 21.0 Å². The average molecular weight is 419 g/mol. The van der Waals surface area contributed by atoms with Crippen molar-refractivity contribution in [2.75, 3.05) is 0 Å². The lowest BCUT2D eigenvalue weighted by atomic mass is 9.99. The van der Waals surface area contributed by atoms with Gasteiger partial charge in [-0.1, -0.05) is 24.3 Å². The van der Waals surface area contributed by atoms with E-state index in [0.717, 1.165) is 38.6 Å². The number of fused-ring (bicyclic) bond motifs is 3. The maximum atomic E-state index is 9.44. The second-order valence-electron chi connectivity index (χ2n) is 7.60. The first-order chi connectivity index (χ1) is 16.1. The van der Waals surface area contributed by atoms with Crippen molar-refractivity contribution in [3.8, 4) is 41.1 Å². The van der Waals surface area contributed by atoms with Crippen LogP contribution in [0.15, 0.2) is 78.9 Å². The fraction of sp³-hybridized carbons (Fsp3) is 0. The monoisotopic (exact) mass is 419 g/mol. The van der Waals surface area contributed by atoms with Crippen molar-refractivity contribution in [1.82, 2.24) is 4.57 Å². The van der Waals surface area contributed by atoms with E-state index in [-0.39, 0.29) is 0 Å². The van der Waals surface area contributed by atoms with Crippen LogP contribution in [-0.4, -0.2) is 4.57 Å². The minimum atomic E-state index is 0.420. The van der Waals surface area contributed by atoms with Gasteiger partial charge in [-0.05, 0) is 65.7 Å². The number of nitriles is 4. The lowest BCUT2D eigenvalue weighted by Gasteiger charge is -2.09. The van der Waals surface area contributed by atoms with Gasteiger partial charge in [0.1, 0.15) is 0 Å². The number of hydrogen-bond acceptors (Lipinski definition) is 4. The Morgan fingerprint density at radius 3 is 1.64 bits per heavy atom. The molecule has 0 saturated carbocycles. The van der Waals surface area contributed by atoms with Crippen molar-refractivity contribution in [2.45, 2.75) is 0 Å². The van der Waals surface area contributed by atoms with E-state index in [9.17, 15) is 21.0 Å². The molecule has 0 radical (unpaired) electrons. The quantitative estimate of drug-likeness (QED) is 0.353. The van der Waals surface area contributed by atoms with Crippen LogP contribution in [0.5, 0.6) is 0 Å². The van der Waals surface area contributed by atoms with Gasteiger partial charge in [0.15, 0.2) is 0 Å². The molecule has 4 aromatic carbocycles. The minimum absolute atomic E-state index is 0.420. The lowest BCUT2D eigenvalue weighted by Crippen LogP contribution is -1.96. The summed E-state index contributed by atoms with van der Waals surface area (Å²) in [6.07, 6.45) is 0. The van der Waals surface area contributed by atoms with E-state index in [0.29, 0.717) is 22.3 Å². The fourth-order valence-electron chi connectivity index (χ4n) is 4.22. The summed E-state index contributed by atoms with van der Waals surface area (Å²) in [5.41, 5.74) is 6.01. The predicted molar refractivity (Wildman–Crippen MR) is 125 cm³/mol. The summed E-state index contributed by atoms with van der Waals surface area (Å²) in [5.74, 6) is 0. The van der Waals surface area contributed by atoms with Crippen LogP contribution in [0.1, 0.15) is 22.3 Å². The number of benzene rings is 4. The van der Waals surface area contributed by atoms with Gasteiger partial charge in [0.05, 0.1) is 57.6 Å². The molecule has 5 rings (SSSR count). The Morgan fingerprint density at radius 2 is 1.03 bits per heavy atom. The first-order valence-corrected chi connectivity index (χ1v) is 10.1. The zero-order chi connectivity index (χ0) is 22.9. The first kappa shape index (κ1) is 19.6. The van der Waals surface area contributed by atoms with Crippen molar-refractivity contribution >= 4 is 21.8 Å². The number of hydrogen-bond donors (Lipinski definition) is 0. The summed E-state index contributed by atoms with van der Waals surface area (Å²) in [4.78, 5) is 0. The molecule has 0 N–H and O–H groups in total. The Morgan fingerprint density at radius 1 is 0.485 bits per heavy atom. The number of rotatable bonds is 2. The molecule has 0 amide bonds. The highest BCUT2D eigenvalue weighted by Gasteiger charge is 2.15. The van der Waals surface area contributed by atoms with E-state index >= 15 is 0 Å². The van der Waals surface area contributed by atoms with Crippen molar-refractivity contribution in [3.63, 3.8) is 0 Å². The van der Waals surface area contributed by atoms with Crippen LogP contribution in [0.25, 0.3) is 38.6 Å². The van der Waals surface area contributed by atoms with Gasteiger partial charge in [-0.2, -0.15) is 21.0 Å². The van der Waals surface area contributed by atoms with E-state index in [1.165, 1.54) is 0 Å². The van der Waals surface area contributed by atoms with Gasteiger partial charge in [0, 0.05) is 16.5 Å². The minimum Gasteiger partial charge on any atom is -0.309 e. The highest BCUT2D eigenvalue weighted by molar-refractivity contribution is 6.10. The summed E-state index contributed by atoms with van der Waals surface area (Å²) in [6.45, 7) is 0. The molecule has 5 aromatic rings. The maximum Gasteiger partial charge on any atom is 0.0992 e. The van der Waals surface area contributed by atoms with Crippen LogP contribution in [0.2, 0.25) is 0 Å². The predicted octanol–water partition coefficient (Wildman–Crippen LogP) is 5.94. The molecule has 0 atom stereocenters. The van der Waals surface area contributed by atoms with Gasteiger partial charge in [-0.25, -0.2) is 0 Å². The van der Waals surface area contributed by atoms with Crippen LogP contribution in [0.4, 0.5) is 0 Å². The molecular formula is C28H13N5. The van der Waals surface area contributed by atoms with Crippen LogP contribution in [0.3, 0.4) is 0 Å². The average Bonchev–Trinajstić information content (AvgIpc) is 3.21. The summed E-state index contributed by atoms with van der Waals surface area (Å²) < 4.78 is 2.04. The van der Waals surface area contributed by atoms with Gasteiger partial charge in [-0.15, -0.1) is 0 Å². The Labute approximate surface area is 189 Å². The van der Waals surface area contributed by atoms with E-state index in [2.05, 4.69) is 24.3 Å². The third-order valence-electron chi connectivity index (χ3n) is 5.63. The molecule has 0 spiro atoms. The molecule has 0 unspecified atom stereocenters.